The highest BCUT2D eigenvalue weighted by atomic mass is 16.5. The van der Waals surface area contributed by atoms with E-state index < -0.39 is 0 Å². The molecule has 1 atom stereocenters. The molecule has 0 aliphatic carbocycles. The molecule has 3 nitrogen and oxygen atoms in total. The highest BCUT2D eigenvalue weighted by Gasteiger charge is 2.46. The van der Waals surface area contributed by atoms with Crippen molar-refractivity contribution in [1.82, 2.24) is 4.81 Å². The molecule has 1 heterocycles. The first-order chi connectivity index (χ1) is 13.6. The van der Waals surface area contributed by atoms with Gasteiger partial charge in [0.2, 0.25) is 0 Å². The summed E-state index contributed by atoms with van der Waals surface area (Å²) in [7, 11) is -0.0381. The fraction of sp³-hybridized carbons (Fsp3) is 0.400. The van der Waals surface area contributed by atoms with E-state index in [1.165, 1.54) is 0 Å². The summed E-state index contributed by atoms with van der Waals surface area (Å²) in [6.07, 6.45) is 2.08. The molecule has 0 aromatic heterocycles. The van der Waals surface area contributed by atoms with Crippen LogP contribution in [0.2, 0.25) is 6.82 Å². The second-order valence-electron chi connectivity index (χ2n) is 9.66. The Kier molecular flexibility index (Phi) is 6.04. The Hall–Kier alpha value is -2.33. The maximum Gasteiger partial charge on any atom is 0.446 e. The van der Waals surface area contributed by atoms with Gasteiger partial charge in [-0.15, -0.1) is 0 Å². The Morgan fingerprint density at radius 3 is 1.79 bits per heavy atom. The number of benzene rings is 2. The Bertz CT molecular complexity index is 835. The van der Waals surface area contributed by atoms with Crippen molar-refractivity contribution in [3.63, 3.8) is 0 Å². The maximum atomic E-state index is 6.56. The van der Waals surface area contributed by atoms with E-state index in [0.717, 1.165) is 22.5 Å². The predicted molar refractivity (Wildman–Crippen MR) is 125 cm³/mol. The Balaban J connectivity index is 2.25. The minimum atomic E-state index is -0.139. The smallest absolute Gasteiger partial charge is 0.446 e. The van der Waals surface area contributed by atoms with Crippen LogP contribution in [0.3, 0.4) is 0 Å². The van der Waals surface area contributed by atoms with Crippen molar-refractivity contribution in [1.29, 1.82) is 0 Å². The van der Waals surface area contributed by atoms with Gasteiger partial charge in [0.05, 0.1) is 11.6 Å². The molecule has 1 fully saturated rings. The first kappa shape index (κ1) is 21.4. The van der Waals surface area contributed by atoms with E-state index in [-0.39, 0.29) is 24.2 Å². The van der Waals surface area contributed by atoms with Crippen LogP contribution in [-0.4, -0.2) is 35.2 Å². The van der Waals surface area contributed by atoms with Gasteiger partial charge < -0.3 is 4.65 Å². The van der Waals surface area contributed by atoms with Crippen molar-refractivity contribution in [3.8, 4) is 0 Å². The summed E-state index contributed by atoms with van der Waals surface area (Å²) in [5, 5.41) is 0. The third kappa shape index (κ3) is 5.00. The molecule has 152 valence electrons. The van der Waals surface area contributed by atoms with Crippen LogP contribution in [0.5, 0.6) is 0 Å². The van der Waals surface area contributed by atoms with Gasteiger partial charge in [0.25, 0.3) is 0 Å². The lowest BCUT2D eigenvalue weighted by Gasteiger charge is -2.35. The molecule has 2 aromatic carbocycles. The number of hydrogen-bond acceptors (Lipinski definition) is 3. The topological polar surface area (TPSA) is 24.8 Å². The molecule has 0 unspecified atom stereocenters. The van der Waals surface area contributed by atoms with Crippen LogP contribution < -0.4 is 0 Å². The lowest BCUT2D eigenvalue weighted by molar-refractivity contribution is 0.252. The zero-order valence-electron chi connectivity index (χ0n) is 18.8. The predicted octanol–water partition coefficient (Wildman–Crippen LogP) is 5.93. The zero-order chi connectivity index (χ0) is 21.2. The summed E-state index contributed by atoms with van der Waals surface area (Å²) in [5.41, 5.74) is 3.25. The van der Waals surface area contributed by atoms with Crippen molar-refractivity contribution in [3.05, 3.63) is 77.5 Å². The molecule has 0 N–H and O–H groups in total. The SMILES string of the molecule is CB1OC(=C(c2ccccc2)c2ccccc2)[C@@H](C=NC(C)(C)C)N1C(C)(C)C. The molecule has 0 saturated carbocycles. The fourth-order valence-corrected chi connectivity index (χ4v) is 3.93. The Morgan fingerprint density at radius 2 is 1.38 bits per heavy atom. The van der Waals surface area contributed by atoms with E-state index in [1.807, 2.05) is 0 Å². The molecule has 0 spiro atoms. The van der Waals surface area contributed by atoms with Gasteiger partial charge in [0.15, 0.2) is 0 Å². The maximum absolute atomic E-state index is 6.56. The Morgan fingerprint density at radius 1 is 0.897 bits per heavy atom. The second-order valence-corrected chi connectivity index (χ2v) is 9.66. The first-order valence-corrected chi connectivity index (χ1v) is 10.4. The second kappa shape index (κ2) is 8.20. The van der Waals surface area contributed by atoms with E-state index >= 15 is 0 Å². The molecule has 4 heteroatoms. The molecule has 1 saturated heterocycles. The van der Waals surface area contributed by atoms with Crippen LogP contribution in [0.4, 0.5) is 0 Å². The number of nitrogens with zero attached hydrogens (tertiary/aromatic N) is 2. The van der Waals surface area contributed by atoms with Crippen LogP contribution in [-0.2, 0) is 4.65 Å². The minimum Gasteiger partial charge on any atom is -0.547 e. The summed E-state index contributed by atoms with van der Waals surface area (Å²) >= 11 is 0. The van der Waals surface area contributed by atoms with Gasteiger partial charge >= 0.3 is 7.05 Å². The molecule has 0 bridgehead atoms. The van der Waals surface area contributed by atoms with Crippen molar-refractivity contribution in [2.45, 2.75) is 65.5 Å². The van der Waals surface area contributed by atoms with Crippen LogP contribution in [0.15, 0.2) is 71.4 Å². The van der Waals surface area contributed by atoms with Gasteiger partial charge in [-0.05, 0) is 59.5 Å². The minimum absolute atomic E-state index is 0.0281. The van der Waals surface area contributed by atoms with Gasteiger partial charge in [-0.25, -0.2) is 0 Å². The average Bonchev–Trinajstić information content (AvgIpc) is 2.98. The molecule has 3 rings (SSSR count). The third-order valence-electron chi connectivity index (χ3n) is 5.01. The van der Waals surface area contributed by atoms with E-state index in [2.05, 4.69) is 120 Å². The molecule has 0 amide bonds. The van der Waals surface area contributed by atoms with E-state index in [4.69, 9.17) is 9.65 Å². The molecule has 29 heavy (non-hydrogen) atoms. The van der Waals surface area contributed by atoms with Crippen molar-refractivity contribution < 1.29 is 4.65 Å². The lowest BCUT2D eigenvalue weighted by Crippen LogP contribution is -2.51. The van der Waals surface area contributed by atoms with Crippen LogP contribution in [0, 0.1) is 0 Å². The quantitative estimate of drug-likeness (QED) is 0.481. The van der Waals surface area contributed by atoms with Crippen molar-refractivity contribution in [2.75, 3.05) is 0 Å². The van der Waals surface area contributed by atoms with Gasteiger partial charge in [0.1, 0.15) is 5.76 Å². The van der Waals surface area contributed by atoms with E-state index in [0.29, 0.717) is 0 Å². The Labute approximate surface area is 176 Å². The van der Waals surface area contributed by atoms with Gasteiger partial charge in [-0.1, -0.05) is 60.7 Å². The van der Waals surface area contributed by atoms with Crippen LogP contribution >= 0.6 is 0 Å². The average molecular weight is 388 g/mol. The molecule has 2 aromatic rings. The number of aliphatic imine (C=N–C) groups is 1. The summed E-state index contributed by atoms with van der Waals surface area (Å²) in [6.45, 7) is 15.2. The van der Waals surface area contributed by atoms with Crippen LogP contribution in [0.25, 0.3) is 5.57 Å². The lowest BCUT2D eigenvalue weighted by atomic mass is 9.79. The third-order valence-corrected chi connectivity index (χ3v) is 5.01. The van der Waals surface area contributed by atoms with Crippen LogP contribution in [0.1, 0.15) is 52.7 Å². The highest BCUT2D eigenvalue weighted by molar-refractivity contribution is 6.49. The summed E-state index contributed by atoms with van der Waals surface area (Å²) in [5.74, 6) is 0.970. The van der Waals surface area contributed by atoms with Crippen molar-refractivity contribution in [2.24, 2.45) is 4.99 Å². The summed E-state index contributed by atoms with van der Waals surface area (Å²) < 4.78 is 6.56. The summed E-state index contributed by atoms with van der Waals surface area (Å²) in [4.78, 5) is 7.28. The molecular weight excluding hydrogens is 355 g/mol. The van der Waals surface area contributed by atoms with Gasteiger partial charge in [-0.2, -0.15) is 0 Å². The number of hydrogen-bond donors (Lipinski definition) is 0. The van der Waals surface area contributed by atoms with E-state index in [1.54, 1.807) is 0 Å². The highest BCUT2D eigenvalue weighted by Crippen LogP contribution is 2.38. The monoisotopic (exact) mass is 388 g/mol. The molecule has 1 aliphatic rings. The fourth-order valence-electron chi connectivity index (χ4n) is 3.93. The van der Waals surface area contributed by atoms with Crippen molar-refractivity contribution >= 4 is 18.8 Å². The van der Waals surface area contributed by atoms with Gasteiger partial charge in [-0.3, -0.25) is 9.80 Å². The summed E-state index contributed by atoms with van der Waals surface area (Å²) in [6, 6.07) is 21.0. The largest absolute Gasteiger partial charge is 0.547 e. The number of rotatable bonds is 3. The first-order valence-electron chi connectivity index (χ1n) is 10.4. The standard InChI is InChI=1S/C25H33BN2O/c1-24(2,3)27-18-21-23(29-26(7)28(21)25(4,5)6)22(19-14-10-8-11-15-19)20-16-12-9-13-17-20/h8-18,21H,1-7H3/t21-/m1/s1. The van der Waals surface area contributed by atoms with Gasteiger partial charge in [0, 0.05) is 17.3 Å². The molecule has 1 aliphatic heterocycles. The molecule has 0 radical (unpaired) electrons. The zero-order valence-corrected chi connectivity index (χ0v) is 18.8. The normalized spacial score (nSPS) is 18.4. The molecular formula is C25H33BN2O. The van der Waals surface area contributed by atoms with E-state index in [9.17, 15) is 0 Å².